The van der Waals surface area contributed by atoms with Crippen molar-refractivity contribution in [2.75, 3.05) is 0 Å². The summed E-state index contributed by atoms with van der Waals surface area (Å²) in [5.74, 6) is 0.445. The third-order valence-corrected chi connectivity index (χ3v) is 4.08. The van der Waals surface area contributed by atoms with Gasteiger partial charge in [0.05, 0.1) is 26.5 Å². The summed E-state index contributed by atoms with van der Waals surface area (Å²) >= 11 is 12.3. The number of alkyl halides is 4. The Labute approximate surface area is 146 Å². The summed E-state index contributed by atoms with van der Waals surface area (Å²) < 4.78 is 41.0. The molecule has 2 aromatic carbocycles. The molecule has 0 bridgehead atoms. The summed E-state index contributed by atoms with van der Waals surface area (Å²) in [5.41, 5.74) is 0.509. The van der Waals surface area contributed by atoms with Gasteiger partial charge >= 0.3 is 6.18 Å². The fourth-order valence-corrected chi connectivity index (χ4v) is 2.94. The van der Waals surface area contributed by atoms with Crippen LogP contribution < -0.4 is 0 Å². The van der Waals surface area contributed by atoms with E-state index in [1.165, 1.54) is 6.07 Å². The average molecular weight is 373 g/mol. The molecule has 0 aliphatic heterocycles. The second kappa shape index (κ2) is 5.67. The maximum atomic E-state index is 13.1. The lowest BCUT2D eigenvalue weighted by Crippen LogP contribution is -2.15. The van der Waals surface area contributed by atoms with Crippen LogP contribution in [0.5, 0.6) is 0 Å². The Balaban J connectivity index is 2.38. The van der Waals surface area contributed by atoms with Crippen molar-refractivity contribution in [1.82, 2.24) is 9.55 Å². The molecular formula is C17H13Cl2F3N2. The van der Waals surface area contributed by atoms with Gasteiger partial charge in [-0.1, -0.05) is 29.8 Å². The molecule has 3 rings (SSSR count). The normalized spacial score (nSPS) is 12.8. The molecule has 0 aliphatic carbocycles. The van der Waals surface area contributed by atoms with Crippen molar-refractivity contribution >= 4 is 34.2 Å². The Bertz CT molecular complexity index is 894. The van der Waals surface area contributed by atoms with E-state index in [1.807, 2.05) is 30.3 Å². The molecule has 0 fully saturated rings. The lowest BCUT2D eigenvalue weighted by molar-refractivity contribution is -0.137. The third-order valence-electron chi connectivity index (χ3n) is 3.59. The molecule has 3 aromatic rings. The molecule has 1 aromatic heterocycles. The van der Waals surface area contributed by atoms with Crippen LogP contribution in [-0.2, 0) is 11.1 Å². The summed E-state index contributed by atoms with van der Waals surface area (Å²) in [6.45, 7) is 3.48. The maximum absolute atomic E-state index is 13.1. The van der Waals surface area contributed by atoms with E-state index >= 15 is 0 Å². The number of hydrogen-bond donors (Lipinski definition) is 0. The summed E-state index contributed by atoms with van der Waals surface area (Å²) in [6, 6.07) is 11.4. The van der Waals surface area contributed by atoms with Gasteiger partial charge in [-0.2, -0.15) is 13.2 Å². The maximum Gasteiger partial charge on any atom is 0.417 e. The minimum atomic E-state index is -4.54. The highest BCUT2D eigenvalue weighted by Gasteiger charge is 2.35. The van der Waals surface area contributed by atoms with E-state index in [9.17, 15) is 13.2 Å². The van der Waals surface area contributed by atoms with Gasteiger partial charge < -0.3 is 0 Å². The van der Waals surface area contributed by atoms with Gasteiger partial charge in [-0.3, -0.25) is 4.57 Å². The Morgan fingerprint density at radius 1 is 1.04 bits per heavy atom. The second-order valence-corrected chi connectivity index (χ2v) is 7.25. The molecule has 0 radical (unpaired) electrons. The van der Waals surface area contributed by atoms with E-state index in [0.29, 0.717) is 11.3 Å². The monoisotopic (exact) mass is 372 g/mol. The molecule has 24 heavy (non-hydrogen) atoms. The fraction of sp³-hybridized carbons (Fsp3) is 0.235. The minimum Gasteiger partial charge on any atom is -0.295 e. The summed E-state index contributed by atoms with van der Waals surface area (Å²) in [4.78, 5) is 3.47. The number of aromatic nitrogens is 2. The van der Waals surface area contributed by atoms with Crippen molar-refractivity contribution < 1.29 is 13.2 Å². The molecule has 7 heteroatoms. The molecule has 0 atom stereocenters. The van der Waals surface area contributed by atoms with Gasteiger partial charge in [0.25, 0.3) is 0 Å². The van der Waals surface area contributed by atoms with Crippen LogP contribution in [0.2, 0.25) is 5.02 Å². The van der Waals surface area contributed by atoms with Gasteiger partial charge in [-0.15, -0.1) is 11.6 Å². The van der Waals surface area contributed by atoms with Crippen molar-refractivity contribution in [2.24, 2.45) is 0 Å². The summed E-state index contributed by atoms with van der Waals surface area (Å²) in [5, 5.41) is -0.369. The number of benzene rings is 2. The standard InChI is InChI=1S/C17H13Cl2F3N2/c1-16(2,19)15-23-13-8-11(17(20,21)22)12(18)9-14(13)24(15)10-6-4-3-5-7-10/h3-9H,1-2H3. The third kappa shape index (κ3) is 2.98. The zero-order chi connectivity index (χ0) is 17.7. The molecular weight excluding hydrogens is 360 g/mol. The molecule has 0 spiro atoms. The molecule has 0 aliphatic rings. The Kier molecular flexibility index (Phi) is 4.04. The first-order valence-electron chi connectivity index (χ1n) is 7.13. The van der Waals surface area contributed by atoms with E-state index in [1.54, 1.807) is 18.4 Å². The van der Waals surface area contributed by atoms with Crippen molar-refractivity contribution in [2.45, 2.75) is 24.9 Å². The van der Waals surface area contributed by atoms with Crippen LogP contribution >= 0.6 is 23.2 Å². The van der Waals surface area contributed by atoms with Crippen molar-refractivity contribution in [3.8, 4) is 5.69 Å². The molecule has 0 N–H and O–H groups in total. The second-order valence-electron chi connectivity index (χ2n) is 5.90. The van der Waals surface area contributed by atoms with Crippen LogP contribution in [0, 0.1) is 0 Å². The lowest BCUT2D eigenvalue weighted by atomic mass is 10.1. The van der Waals surface area contributed by atoms with Gasteiger partial charge in [-0.05, 0) is 38.1 Å². The van der Waals surface area contributed by atoms with Crippen LogP contribution in [-0.4, -0.2) is 9.55 Å². The van der Waals surface area contributed by atoms with E-state index in [0.717, 1.165) is 11.8 Å². The molecule has 0 saturated heterocycles. The quantitative estimate of drug-likeness (QED) is 0.491. The minimum absolute atomic E-state index is 0.194. The number of nitrogens with zero attached hydrogens (tertiary/aromatic N) is 2. The van der Waals surface area contributed by atoms with Crippen LogP contribution in [0.3, 0.4) is 0 Å². The molecule has 0 saturated carbocycles. The SMILES string of the molecule is CC(C)(Cl)c1nc2cc(C(F)(F)F)c(Cl)cc2n1-c1ccccc1. The van der Waals surface area contributed by atoms with Crippen molar-refractivity contribution in [3.63, 3.8) is 0 Å². The first-order valence-corrected chi connectivity index (χ1v) is 7.88. The number of hydrogen-bond acceptors (Lipinski definition) is 1. The molecule has 0 amide bonds. The van der Waals surface area contributed by atoms with E-state index in [4.69, 9.17) is 23.2 Å². The van der Waals surface area contributed by atoms with Crippen LogP contribution in [0.4, 0.5) is 13.2 Å². The van der Waals surface area contributed by atoms with Gasteiger partial charge in [0.1, 0.15) is 5.82 Å². The molecule has 126 valence electrons. The topological polar surface area (TPSA) is 17.8 Å². The average Bonchev–Trinajstić information content (AvgIpc) is 2.84. The zero-order valence-electron chi connectivity index (χ0n) is 12.8. The van der Waals surface area contributed by atoms with Gasteiger partial charge in [0.15, 0.2) is 0 Å². The predicted molar refractivity (Wildman–Crippen MR) is 90.0 cm³/mol. The number of rotatable bonds is 2. The van der Waals surface area contributed by atoms with E-state index in [-0.39, 0.29) is 10.5 Å². The number of para-hydroxylation sites is 1. The highest BCUT2D eigenvalue weighted by atomic mass is 35.5. The molecule has 0 unspecified atom stereocenters. The van der Waals surface area contributed by atoms with Crippen molar-refractivity contribution in [1.29, 1.82) is 0 Å². The highest BCUT2D eigenvalue weighted by molar-refractivity contribution is 6.32. The van der Waals surface area contributed by atoms with E-state index in [2.05, 4.69) is 4.98 Å². The highest BCUT2D eigenvalue weighted by Crippen LogP contribution is 2.39. The smallest absolute Gasteiger partial charge is 0.295 e. The first-order chi connectivity index (χ1) is 11.1. The van der Waals surface area contributed by atoms with Crippen molar-refractivity contribution in [3.05, 3.63) is 58.9 Å². The number of imidazole rings is 1. The van der Waals surface area contributed by atoms with Gasteiger partial charge in [-0.25, -0.2) is 4.98 Å². The molecule has 1 heterocycles. The zero-order valence-corrected chi connectivity index (χ0v) is 14.3. The molecule has 2 nitrogen and oxygen atoms in total. The first kappa shape index (κ1) is 17.1. The Morgan fingerprint density at radius 3 is 2.21 bits per heavy atom. The number of fused-ring (bicyclic) bond motifs is 1. The van der Waals surface area contributed by atoms with Gasteiger partial charge in [0, 0.05) is 5.69 Å². The fourth-order valence-electron chi connectivity index (χ4n) is 2.55. The van der Waals surface area contributed by atoms with Crippen LogP contribution in [0.15, 0.2) is 42.5 Å². The van der Waals surface area contributed by atoms with Crippen LogP contribution in [0.1, 0.15) is 25.2 Å². The lowest BCUT2D eigenvalue weighted by Gasteiger charge is -2.18. The summed E-state index contributed by atoms with van der Waals surface area (Å²) in [6.07, 6.45) is -4.54. The Morgan fingerprint density at radius 2 is 1.67 bits per heavy atom. The van der Waals surface area contributed by atoms with Crippen LogP contribution in [0.25, 0.3) is 16.7 Å². The number of halogens is 5. The van der Waals surface area contributed by atoms with E-state index < -0.39 is 16.6 Å². The van der Waals surface area contributed by atoms with Gasteiger partial charge in [0.2, 0.25) is 0 Å². The summed E-state index contributed by atoms with van der Waals surface area (Å²) in [7, 11) is 0. The Hall–Kier alpha value is -1.72. The largest absolute Gasteiger partial charge is 0.417 e. The predicted octanol–water partition coefficient (Wildman–Crippen LogP) is 6.17.